The van der Waals surface area contributed by atoms with Gasteiger partial charge in [-0.1, -0.05) is 13.0 Å². The first-order valence-electron chi connectivity index (χ1n) is 8.31. The molecule has 2 nitrogen and oxygen atoms in total. The van der Waals surface area contributed by atoms with E-state index in [1.54, 1.807) is 0 Å². The number of Topliss-reactive ketones (excluding diaryl/α,β-unsaturated/α-hetero) is 1. The molecule has 22 heavy (non-hydrogen) atoms. The van der Waals surface area contributed by atoms with Gasteiger partial charge in [0, 0.05) is 15.4 Å². The van der Waals surface area contributed by atoms with E-state index in [9.17, 15) is 10.1 Å². The molecule has 4 rings (SSSR count). The Labute approximate surface area is 145 Å². The fourth-order valence-corrected chi connectivity index (χ4v) is 6.36. The standard InChI is InChI=1S/C19H20INO/c1-19-9-8-13-12-3-2-11(10-21)18(20)15(12)5-4-14(13)16(19)6-7-17(19)22/h2-3,13-14,16H,4-9H2,1H3/t13?,14?,16?,19-/m0/s1. The van der Waals surface area contributed by atoms with E-state index in [1.807, 2.05) is 6.07 Å². The number of nitriles is 1. The van der Waals surface area contributed by atoms with E-state index in [-0.39, 0.29) is 5.41 Å². The topological polar surface area (TPSA) is 40.9 Å². The molecule has 1 aromatic carbocycles. The molecule has 0 spiro atoms. The van der Waals surface area contributed by atoms with Crippen molar-refractivity contribution in [2.24, 2.45) is 17.3 Å². The second-order valence-corrected chi connectivity index (χ2v) is 8.52. The quantitative estimate of drug-likeness (QED) is 0.593. The normalized spacial score (nSPS) is 36.2. The molecule has 0 saturated heterocycles. The van der Waals surface area contributed by atoms with Crippen LogP contribution >= 0.6 is 22.6 Å². The summed E-state index contributed by atoms with van der Waals surface area (Å²) in [7, 11) is 0. The van der Waals surface area contributed by atoms with E-state index in [2.05, 4.69) is 41.7 Å². The number of carbonyl (C=O) groups excluding carboxylic acids is 1. The number of fused-ring (bicyclic) bond motifs is 5. The summed E-state index contributed by atoms with van der Waals surface area (Å²) < 4.78 is 1.16. The third-order valence-corrected chi connectivity index (χ3v) is 7.91. The van der Waals surface area contributed by atoms with Crippen LogP contribution in [0.5, 0.6) is 0 Å². The van der Waals surface area contributed by atoms with Crippen LogP contribution in [0.1, 0.15) is 61.6 Å². The molecule has 0 amide bonds. The Bertz CT molecular complexity index is 704. The fourth-order valence-electron chi connectivity index (χ4n) is 5.48. The van der Waals surface area contributed by atoms with Gasteiger partial charge < -0.3 is 0 Å². The SMILES string of the molecule is C[C@]12CCC3c4ccc(C#N)c(I)c4CCC3C1CCC2=O. The monoisotopic (exact) mass is 405 g/mol. The van der Waals surface area contributed by atoms with Crippen LogP contribution in [0.15, 0.2) is 12.1 Å². The first-order valence-corrected chi connectivity index (χ1v) is 9.39. The summed E-state index contributed by atoms with van der Waals surface area (Å²) in [5.41, 5.74) is 3.66. The molecular formula is C19H20INO. The highest BCUT2D eigenvalue weighted by Gasteiger charge is 2.54. The third-order valence-electron chi connectivity index (χ3n) is 6.67. The molecule has 2 fully saturated rings. The zero-order chi connectivity index (χ0) is 15.5. The molecular weight excluding hydrogens is 385 g/mol. The lowest BCUT2D eigenvalue weighted by molar-refractivity contribution is -0.129. The predicted octanol–water partition coefficient (Wildman–Crippen LogP) is 4.59. The number of nitrogens with zero attached hydrogens (tertiary/aromatic N) is 1. The van der Waals surface area contributed by atoms with Crippen LogP contribution in [-0.2, 0) is 11.2 Å². The van der Waals surface area contributed by atoms with Crippen molar-refractivity contribution in [1.29, 1.82) is 5.26 Å². The van der Waals surface area contributed by atoms with Crippen LogP contribution in [0, 0.1) is 32.2 Å². The van der Waals surface area contributed by atoms with Crippen LogP contribution < -0.4 is 0 Å². The number of hydrogen-bond acceptors (Lipinski definition) is 2. The van der Waals surface area contributed by atoms with Crippen LogP contribution in [0.3, 0.4) is 0 Å². The summed E-state index contributed by atoms with van der Waals surface area (Å²) in [4.78, 5) is 12.4. The molecule has 0 heterocycles. The molecule has 4 atom stereocenters. The van der Waals surface area contributed by atoms with Gasteiger partial charge in [0.2, 0.25) is 0 Å². The Morgan fingerprint density at radius 2 is 2.09 bits per heavy atom. The van der Waals surface area contributed by atoms with Crippen molar-refractivity contribution in [1.82, 2.24) is 0 Å². The summed E-state index contributed by atoms with van der Waals surface area (Å²) in [5.74, 6) is 2.37. The van der Waals surface area contributed by atoms with Gasteiger partial charge in [-0.25, -0.2) is 0 Å². The second-order valence-electron chi connectivity index (χ2n) is 7.44. The zero-order valence-corrected chi connectivity index (χ0v) is 15.0. The zero-order valence-electron chi connectivity index (χ0n) is 12.9. The van der Waals surface area contributed by atoms with E-state index in [0.29, 0.717) is 23.5 Å². The molecule has 0 bridgehead atoms. The maximum Gasteiger partial charge on any atom is 0.139 e. The number of hydrogen-bond donors (Lipinski definition) is 0. The maximum absolute atomic E-state index is 12.4. The largest absolute Gasteiger partial charge is 0.299 e. The minimum Gasteiger partial charge on any atom is -0.299 e. The average Bonchev–Trinajstić information content (AvgIpc) is 2.83. The first kappa shape index (κ1) is 14.7. The summed E-state index contributed by atoms with van der Waals surface area (Å²) >= 11 is 2.35. The molecule has 3 unspecified atom stereocenters. The van der Waals surface area contributed by atoms with Crippen molar-refractivity contribution in [3.63, 3.8) is 0 Å². The second kappa shape index (κ2) is 5.06. The van der Waals surface area contributed by atoms with Gasteiger partial charge in [0.05, 0.1) is 5.56 Å². The van der Waals surface area contributed by atoms with Crippen molar-refractivity contribution in [3.05, 3.63) is 32.4 Å². The van der Waals surface area contributed by atoms with E-state index in [4.69, 9.17) is 0 Å². The Balaban J connectivity index is 1.75. The third kappa shape index (κ3) is 1.86. The van der Waals surface area contributed by atoms with Crippen LogP contribution in [0.2, 0.25) is 0 Å². The van der Waals surface area contributed by atoms with Crippen molar-refractivity contribution in [2.75, 3.05) is 0 Å². The van der Waals surface area contributed by atoms with Crippen LogP contribution in [-0.4, -0.2) is 5.78 Å². The average molecular weight is 405 g/mol. The highest BCUT2D eigenvalue weighted by atomic mass is 127. The van der Waals surface area contributed by atoms with Crippen molar-refractivity contribution in [3.8, 4) is 6.07 Å². The lowest BCUT2D eigenvalue weighted by Gasteiger charge is -2.48. The van der Waals surface area contributed by atoms with Gasteiger partial charge in [0.1, 0.15) is 11.9 Å². The molecule has 0 radical (unpaired) electrons. The van der Waals surface area contributed by atoms with Gasteiger partial charge in [-0.3, -0.25) is 4.79 Å². The Hall–Kier alpha value is -0.890. The smallest absolute Gasteiger partial charge is 0.139 e. The summed E-state index contributed by atoms with van der Waals surface area (Å²) in [6, 6.07) is 6.51. The maximum atomic E-state index is 12.4. The van der Waals surface area contributed by atoms with E-state index in [0.717, 1.165) is 41.2 Å². The van der Waals surface area contributed by atoms with E-state index < -0.39 is 0 Å². The number of carbonyl (C=O) groups is 1. The Morgan fingerprint density at radius 1 is 1.27 bits per heavy atom. The van der Waals surface area contributed by atoms with Crippen LogP contribution in [0.4, 0.5) is 0 Å². The van der Waals surface area contributed by atoms with Gasteiger partial charge in [-0.15, -0.1) is 0 Å². The lowest BCUT2D eigenvalue weighted by Crippen LogP contribution is -2.42. The Kier molecular flexibility index (Phi) is 3.38. The number of halogens is 1. The van der Waals surface area contributed by atoms with Gasteiger partial charge in [0.15, 0.2) is 0 Å². The summed E-state index contributed by atoms with van der Waals surface area (Å²) in [5, 5.41) is 9.25. The predicted molar refractivity (Wildman–Crippen MR) is 93.5 cm³/mol. The molecule has 2 saturated carbocycles. The van der Waals surface area contributed by atoms with Gasteiger partial charge in [-0.05, 0) is 89.6 Å². The molecule has 3 aliphatic carbocycles. The fraction of sp³-hybridized carbons (Fsp3) is 0.579. The molecule has 3 heteroatoms. The molecule has 0 aliphatic heterocycles. The molecule has 0 N–H and O–H groups in total. The number of rotatable bonds is 0. The minimum atomic E-state index is -0.0432. The van der Waals surface area contributed by atoms with Gasteiger partial charge in [0.25, 0.3) is 0 Å². The summed E-state index contributed by atoms with van der Waals surface area (Å²) in [6.45, 7) is 2.22. The Morgan fingerprint density at radius 3 is 2.86 bits per heavy atom. The summed E-state index contributed by atoms with van der Waals surface area (Å²) in [6.07, 6.45) is 6.34. The van der Waals surface area contributed by atoms with E-state index >= 15 is 0 Å². The first-order chi connectivity index (χ1) is 10.6. The van der Waals surface area contributed by atoms with Crippen LogP contribution in [0.25, 0.3) is 0 Å². The molecule has 3 aliphatic rings. The van der Waals surface area contributed by atoms with Gasteiger partial charge in [-0.2, -0.15) is 5.26 Å². The number of ketones is 1. The van der Waals surface area contributed by atoms with Crippen molar-refractivity contribution >= 4 is 28.4 Å². The highest BCUT2D eigenvalue weighted by molar-refractivity contribution is 14.1. The van der Waals surface area contributed by atoms with Crippen molar-refractivity contribution < 1.29 is 4.79 Å². The number of benzene rings is 1. The minimum absolute atomic E-state index is 0.0432. The van der Waals surface area contributed by atoms with E-state index in [1.165, 1.54) is 17.5 Å². The van der Waals surface area contributed by atoms with Crippen molar-refractivity contribution in [2.45, 2.75) is 51.4 Å². The lowest BCUT2D eigenvalue weighted by atomic mass is 9.55. The molecule has 1 aromatic rings. The molecule has 114 valence electrons. The molecule has 0 aromatic heterocycles. The highest BCUT2D eigenvalue weighted by Crippen LogP contribution is 2.59. The van der Waals surface area contributed by atoms with Gasteiger partial charge >= 0.3 is 0 Å².